The Bertz CT molecular complexity index is 573. The summed E-state index contributed by atoms with van der Waals surface area (Å²) in [5.41, 5.74) is 1.78. The van der Waals surface area contributed by atoms with Crippen molar-refractivity contribution in [2.75, 3.05) is 0 Å². The van der Waals surface area contributed by atoms with Gasteiger partial charge in [0.1, 0.15) is 0 Å². The van der Waals surface area contributed by atoms with Crippen LogP contribution in [0.1, 0.15) is 11.1 Å². The molecule has 0 fully saturated rings. The van der Waals surface area contributed by atoms with Crippen LogP contribution in [0.3, 0.4) is 0 Å². The van der Waals surface area contributed by atoms with E-state index < -0.39 is 15.9 Å². The summed E-state index contributed by atoms with van der Waals surface area (Å²) >= 11 is -3.47. The fourth-order valence-electron chi connectivity index (χ4n) is 1.96. The summed E-state index contributed by atoms with van der Waals surface area (Å²) in [5.74, 6) is 0.409. The van der Waals surface area contributed by atoms with E-state index in [1.807, 2.05) is 13.8 Å². The Balaban J connectivity index is 2.58. The summed E-state index contributed by atoms with van der Waals surface area (Å²) in [6.07, 6.45) is 0. The molecule has 2 aromatic carbocycles. The van der Waals surface area contributed by atoms with Crippen LogP contribution in [0.2, 0.25) is 0 Å². The van der Waals surface area contributed by atoms with Gasteiger partial charge in [-0.15, -0.1) is 0 Å². The summed E-state index contributed by atoms with van der Waals surface area (Å²) in [7, 11) is 13.4. The van der Waals surface area contributed by atoms with Crippen molar-refractivity contribution in [3.63, 3.8) is 0 Å². The van der Waals surface area contributed by atoms with Gasteiger partial charge in [0.25, 0.3) is 0 Å². The SMILES string of the molecule is Cc1cc(O)ccc1[Te](Cl)(Cl)c1ccc(O)cc1C. The van der Waals surface area contributed by atoms with Gasteiger partial charge in [-0.3, -0.25) is 0 Å². The van der Waals surface area contributed by atoms with Crippen LogP contribution in [0.25, 0.3) is 0 Å². The number of aryl methyl sites for hydroxylation is 2. The maximum atomic E-state index is 9.47. The number of phenols is 2. The zero-order valence-electron chi connectivity index (χ0n) is 10.5. The molecule has 0 saturated carbocycles. The van der Waals surface area contributed by atoms with Crippen LogP contribution in [0, 0.1) is 13.8 Å². The summed E-state index contributed by atoms with van der Waals surface area (Å²) in [4.78, 5) is 0. The van der Waals surface area contributed by atoms with E-state index in [2.05, 4.69) is 0 Å². The van der Waals surface area contributed by atoms with Crippen molar-refractivity contribution < 1.29 is 10.2 Å². The molecule has 0 amide bonds. The van der Waals surface area contributed by atoms with Gasteiger partial charge in [-0.1, -0.05) is 0 Å². The molecular weight excluding hydrogens is 399 g/mol. The average Bonchev–Trinajstić information content (AvgIpc) is 2.27. The summed E-state index contributed by atoms with van der Waals surface area (Å²) in [5, 5.41) is 18.9. The number of aromatic hydroxyl groups is 2. The van der Waals surface area contributed by atoms with Gasteiger partial charge in [-0.2, -0.15) is 0 Å². The molecule has 2 N–H and O–H groups in total. The molecule has 0 unspecified atom stereocenters. The van der Waals surface area contributed by atoms with Crippen LogP contribution in [0.15, 0.2) is 36.4 Å². The van der Waals surface area contributed by atoms with Crippen LogP contribution in [0.4, 0.5) is 0 Å². The van der Waals surface area contributed by atoms with Gasteiger partial charge in [0.15, 0.2) is 0 Å². The van der Waals surface area contributed by atoms with Gasteiger partial charge in [0.2, 0.25) is 0 Å². The molecule has 0 bridgehead atoms. The Labute approximate surface area is 123 Å². The molecule has 19 heavy (non-hydrogen) atoms. The standard InChI is InChI=1S/C14H14Cl2O2Te/c1-9-7-11(17)3-5-13(9)19(15,16)14-6-4-12(18)8-10(14)2/h3-8,17-18H,1-2H3. The minimum atomic E-state index is -3.47. The third-order valence-corrected chi connectivity index (χ3v) is 13.1. The molecule has 0 atom stereocenters. The summed E-state index contributed by atoms with van der Waals surface area (Å²) < 4.78 is 1.80. The van der Waals surface area contributed by atoms with Crippen molar-refractivity contribution in [3.05, 3.63) is 47.5 Å². The topological polar surface area (TPSA) is 40.5 Å². The first-order valence-electron chi connectivity index (χ1n) is 5.64. The number of rotatable bonds is 2. The molecule has 5 heteroatoms. The van der Waals surface area contributed by atoms with Gasteiger partial charge in [-0.05, 0) is 0 Å². The first kappa shape index (κ1) is 14.8. The number of halogens is 2. The number of hydrogen-bond acceptors (Lipinski definition) is 2. The molecular formula is C14H14Cl2O2Te. The van der Waals surface area contributed by atoms with Gasteiger partial charge in [-0.25, -0.2) is 0 Å². The monoisotopic (exact) mass is 414 g/mol. The molecule has 0 heterocycles. The minimum absolute atomic E-state index is 0.204. The molecule has 0 spiro atoms. The van der Waals surface area contributed by atoms with Crippen LogP contribution in [-0.4, -0.2) is 26.2 Å². The van der Waals surface area contributed by atoms with Gasteiger partial charge < -0.3 is 0 Å². The molecule has 0 aliphatic heterocycles. The molecule has 0 aliphatic rings. The number of phenolic OH excluding ortho intramolecular Hbond substituents is 2. The van der Waals surface area contributed by atoms with Gasteiger partial charge in [0, 0.05) is 0 Å². The second kappa shape index (κ2) is 5.42. The quantitative estimate of drug-likeness (QED) is 0.745. The third kappa shape index (κ3) is 2.95. The molecule has 0 aliphatic carbocycles. The zero-order valence-corrected chi connectivity index (χ0v) is 14.4. The molecule has 0 aromatic heterocycles. The molecule has 2 aromatic rings. The Hall–Kier alpha value is -0.590. The van der Waals surface area contributed by atoms with Crippen molar-refractivity contribution in [1.82, 2.24) is 0 Å². The van der Waals surface area contributed by atoms with E-state index in [4.69, 9.17) is 17.9 Å². The average molecular weight is 413 g/mol. The van der Waals surface area contributed by atoms with Crippen molar-refractivity contribution in [2.24, 2.45) is 0 Å². The molecule has 2 rings (SSSR count). The van der Waals surface area contributed by atoms with E-state index in [1.54, 1.807) is 36.4 Å². The zero-order chi connectivity index (χ0) is 14.2. The fraction of sp³-hybridized carbons (Fsp3) is 0.143. The Morgan fingerprint density at radius 2 is 1.16 bits per heavy atom. The van der Waals surface area contributed by atoms with Crippen LogP contribution in [0.5, 0.6) is 11.5 Å². The Morgan fingerprint density at radius 1 is 0.789 bits per heavy atom. The van der Waals surface area contributed by atoms with E-state index in [0.717, 1.165) is 18.3 Å². The molecule has 0 radical (unpaired) electrons. The van der Waals surface area contributed by atoms with E-state index in [1.165, 1.54) is 0 Å². The van der Waals surface area contributed by atoms with Crippen molar-refractivity contribution in [1.29, 1.82) is 0 Å². The Morgan fingerprint density at radius 3 is 1.47 bits per heavy atom. The predicted molar refractivity (Wildman–Crippen MR) is 82.4 cm³/mol. The summed E-state index contributed by atoms with van der Waals surface area (Å²) in [6, 6.07) is 10.1. The van der Waals surface area contributed by atoms with Crippen LogP contribution in [-0.2, 0) is 0 Å². The first-order valence-corrected chi connectivity index (χ1v) is 13.9. The van der Waals surface area contributed by atoms with Crippen molar-refractivity contribution in [2.45, 2.75) is 13.8 Å². The van der Waals surface area contributed by atoms with E-state index >= 15 is 0 Å². The van der Waals surface area contributed by atoms with Crippen molar-refractivity contribution in [3.8, 4) is 11.5 Å². The van der Waals surface area contributed by atoms with Crippen molar-refractivity contribution >= 4 is 41.1 Å². The number of benzene rings is 2. The Kier molecular flexibility index (Phi) is 4.23. The molecule has 0 saturated heterocycles. The number of hydrogen-bond donors (Lipinski definition) is 2. The summed E-state index contributed by atoms with van der Waals surface area (Å²) in [6.45, 7) is 3.77. The van der Waals surface area contributed by atoms with Crippen LogP contribution >= 0.6 is 17.9 Å². The molecule has 102 valence electrons. The van der Waals surface area contributed by atoms with Gasteiger partial charge in [0.05, 0.1) is 0 Å². The van der Waals surface area contributed by atoms with E-state index in [9.17, 15) is 10.2 Å². The van der Waals surface area contributed by atoms with Crippen LogP contribution < -0.4 is 7.22 Å². The van der Waals surface area contributed by atoms with Gasteiger partial charge >= 0.3 is 124 Å². The normalized spacial score (nSPS) is 12.4. The predicted octanol–water partition coefficient (Wildman–Crippen LogP) is 2.75. The first-order chi connectivity index (χ1) is 8.82. The second-order valence-corrected chi connectivity index (χ2v) is 16.8. The third-order valence-electron chi connectivity index (χ3n) is 2.87. The fourth-order valence-corrected chi connectivity index (χ4v) is 11.3. The maximum absolute atomic E-state index is 9.47. The van der Waals surface area contributed by atoms with E-state index in [-0.39, 0.29) is 11.5 Å². The molecule has 2 nitrogen and oxygen atoms in total. The van der Waals surface area contributed by atoms with E-state index in [0.29, 0.717) is 0 Å². The second-order valence-electron chi connectivity index (χ2n) is 4.37.